The van der Waals surface area contributed by atoms with E-state index in [0.29, 0.717) is 28.3 Å². The van der Waals surface area contributed by atoms with Crippen molar-refractivity contribution in [1.29, 1.82) is 0 Å². The smallest absolute Gasteiger partial charge is 0.243 e. The highest BCUT2D eigenvalue weighted by atomic mass is 79.9. The van der Waals surface area contributed by atoms with E-state index < -0.39 is 10.0 Å². The van der Waals surface area contributed by atoms with Gasteiger partial charge in [0, 0.05) is 23.2 Å². The molecule has 2 aromatic rings. The molecule has 7 heteroatoms. The molecular formula is C14H12BrClN2O2S. The topological polar surface area (TPSA) is 63.4 Å². The highest BCUT2D eigenvalue weighted by molar-refractivity contribution is 9.10. The fourth-order valence-corrected chi connectivity index (χ4v) is 4.41. The highest BCUT2D eigenvalue weighted by Gasteiger charge is 2.30. The van der Waals surface area contributed by atoms with Gasteiger partial charge < -0.3 is 5.73 Å². The Kier molecular flexibility index (Phi) is 3.73. The molecule has 1 aliphatic heterocycles. The van der Waals surface area contributed by atoms with Gasteiger partial charge in [-0.25, -0.2) is 8.42 Å². The van der Waals surface area contributed by atoms with Gasteiger partial charge in [-0.15, -0.1) is 0 Å². The Morgan fingerprint density at radius 1 is 1.10 bits per heavy atom. The van der Waals surface area contributed by atoms with Crippen molar-refractivity contribution in [3.05, 3.63) is 57.0 Å². The van der Waals surface area contributed by atoms with Gasteiger partial charge in [-0.3, -0.25) is 0 Å². The Bertz CT molecular complexity index is 824. The number of nitrogens with two attached hydrogens (primary N) is 1. The number of sulfonamides is 1. The molecule has 0 saturated carbocycles. The lowest BCUT2D eigenvalue weighted by Crippen LogP contribution is -2.25. The first kappa shape index (κ1) is 14.8. The summed E-state index contributed by atoms with van der Waals surface area (Å²) in [5.74, 6) is 0. The summed E-state index contributed by atoms with van der Waals surface area (Å²) in [6.45, 7) is 0.696. The molecule has 1 heterocycles. The predicted octanol–water partition coefficient (Wildman–Crippen LogP) is 3.39. The minimum Gasteiger partial charge on any atom is -0.399 e. The number of fused-ring (bicyclic) bond motifs is 1. The zero-order valence-corrected chi connectivity index (χ0v) is 14.0. The molecule has 0 atom stereocenters. The lowest BCUT2D eigenvalue weighted by atomic mass is 10.1. The van der Waals surface area contributed by atoms with E-state index in [9.17, 15) is 8.42 Å². The van der Waals surface area contributed by atoms with Crippen molar-refractivity contribution >= 4 is 43.2 Å². The second-order valence-corrected chi connectivity index (χ2v) is 8.08. The molecule has 21 heavy (non-hydrogen) atoms. The number of benzene rings is 2. The zero-order valence-electron chi connectivity index (χ0n) is 10.9. The molecule has 0 saturated heterocycles. The van der Waals surface area contributed by atoms with Crippen molar-refractivity contribution in [3.8, 4) is 0 Å². The molecule has 0 spiro atoms. The molecule has 0 unspecified atom stereocenters. The van der Waals surface area contributed by atoms with E-state index in [-0.39, 0.29) is 4.90 Å². The molecule has 0 fully saturated rings. The Hall–Kier alpha value is -1.08. The summed E-state index contributed by atoms with van der Waals surface area (Å²) in [5.41, 5.74) is 8.32. The number of anilines is 1. The maximum absolute atomic E-state index is 12.7. The molecule has 110 valence electrons. The van der Waals surface area contributed by atoms with Crippen LogP contribution in [0, 0.1) is 0 Å². The van der Waals surface area contributed by atoms with Crippen LogP contribution in [0.15, 0.2) is 45.8 Å². The van der Waals surface area contributed by atoms with E-state index in [1.54, 1.807) is 12.1 Å². The summed E-state index contributed by atoms with van der Waals surface area (Å²) < 4.78 is 27.4. The fraction of sp³-hybridized carbons (Fsp3) is 0.143. The Morgan fingerprint density at radius 2 is 1.81 bits per heavy atom. The lowest BCUT2D eigenvalue weighted by Gasteiger charge is -2.16. The predicted molar refractivity (Wildman–Crippen MR) is 86.4 cm³/mol. The van der Waals surface area contributed by atoms with Gasteiger partial charge in [-0.1, -0.05) is 17.7 Å². The Morgan fingerprint density at radius 3 is 2.52 bits per heavy atom. The van der Waals surface area contributed by atoms with Gasteiger partial charge >= 0.3 is 0 Å². The average Bonchev–Trinajstić information content (AvgIpc) is 2.85. The maximum atomic E-state index is 12.7. The van der Waals surface area contributed by atoms with E-state index >= 15 is 0 Å². The van der Waals surface area contributed by atoms with Crippen molar-refractivity contribution in [2.75, 3.05) is 5.73 Å². The molecule has 1 aliphatic rings. The molecule has 0 radical (unpaired) electrons. The van der Waals surface area contributed by atoms with Crippen LogP contribution in [0.3, 0.4) is 0 Å². The van der Waals surface area contributed by atoms with Gasteiger partial charge in [-0.2, -0.15) is 4.31 Å². The summed E-state index contributed by atoms with van der Waals surface area (Å²) in [5, 5.41) is 0.478. The molecule has 2 aromatic carbocycles. The number of hydrogen-bond donors (Lipinski definition) is 1. The second kappa shape index (κ2) is 5.28. The first-order valence-corrected chi connectivity index (χ1v) is 8.81. The average molecular weight is 388 g/mol. The van der Waals surface area contributed by atoms with E-state index in [0.717, 1.165) is 11.1 Å². The van der Waals surface area contributed by atoms with Crippen molar-refractivity contribution < 1.29 is 8.42 Å². The summed E-state index contributed by atoms with van der Waals surface area (Å²) >= 11 is 9.17. The van der Waals surface area contributed by atoms with Crippen LogP contribution in [0.25, 0.3) is 0 Å². The van der Waals surface area contributed by atoms with Crippen LogP contribution < -0.4 is 5.73 Å². The fourth-order valence-electron chi connectivity index (χ4n) is 2.34. The molecule has 0 aromatic heterocycles. The Labute approximate surface area is 136 Å². The first-order valence-electron chi connectivity index (χ1n) is 6.20. The zero-order chi connectivity index (χ0) is 15.2. The standard InChI is InChI=1S/C14H12BrClN2O2S/c15-13-6-12(3-4-14(13)16)21(19,20)18-7-9-1-2-11(17)5-10(9)8-18/h1-6H,7-8,17H2. The third-order valence-electron chi connectivity index (χ3n) is 3.45. The van der Waals surface area contributed by atoms with Gasteiger partial charge in [0.05, 0.1) is 9.92 Å². The van der Waals surface area contributed by atoms with Crippen LogP contribution >= 0.6 is 27.5 Å². The molecule has 3 rings (SSSR count). The third-order valence-corrected chi connectivity index (χ3v) is 6.45. The van der Waals surface area contributed by atoms with Gasteiger partial charge in [0.25, 0.3) is 0 Å². The van der Waals surface area contributed by atoms with Crippen LogP contribution in [-0.4, -0.2) is 12.7 Å². The number of nitrogen functional groups attached to an aromatic ring is 1. The molecule has 0 bridgehead atoms. The number of rotatable bonds is 2. The number of nitrogens with zero attached hydrogens (tertiary/aromatic N) is 1. The minimum absolute atomic E-state index is 0.222. The largest absolute Gasteiger partial charge is 0.399 e. The summed E-state index contributed by atoms with van der Waals surface area (Å²) in [6, 6.07) is 10.1. The van der Waals surface area contributed by atoms with E-state index in [2.05, 4.69) is 15.9 Å². The van der Waals surface area contributed by atoms with Crippen LogP contribution in [0.5, 0.6) is 0 Å². The number of halogens is 2. The highest BCUT2D eigenvalue weighted by Crippen LogP contribution is 2.32. The number of hydrogen-bond acceptors (Lipinski definition) is 3. The monoisotopic (exact) mass is 386 g/mol. The quantitative estimate of drug-likeness (QED) is 0.803. The summed E-state index contributed by atoms with van der Waals surface area (Å²) in [4.78, 5) is 0.222. The van der Waals surface area contributed by atoms with Crippen LogP contribution in [0.4, 0.5) is 5.69 Å². The molecular weight excluding hydrogens is 376 g/mol. The van der Waals surface area contributed by atoms with Crippen molar-refractivity contribution in [2.24, 2.45) is 0 Å². The van der Waals surface area contributed by atoms with E-state index in [1.807, 2.05) is 12.1 Å². The lowest BCUT2D eigenvalue weighted by molar-refractivity contribution is 0.431. The van der Waals surface area contributed by atoms with E-state index in [4.69, 9.17) is 17.3 Å². The minimum atomic E-state index is -3.55. The van der Waals surface area contributed by atoms with Crippen LogP contribution in [-0.2, 0) is 23.1 Å². The van der Waals surface area contributed by atoms with E-state index in [1.165, 1.54) is 16.4 Å². The van der Waals surface area contributed by atoms with Gasteiger partial charge in [-0.05, 0) is 57.4 Å². The van der Waals surface area contributed by atoms with Gasteiger partial charge in [0.2, 0.25) is 10.0 Å². The van der Waals surface area contributed by atoms with Crippen molar-refractivity contribution in [3.63, 3.8) is 0 Å². The summed E-state index contributed by atoms with van der Waals surface area (Å²) in [6.07, 6.45) is 0. The Balaban J connectivity index is 1.96. The third kappa shape index (κ3) is 2.68. The molecule has 0 amide bonds. The van der Waals surface area contributed by atoms with Crippen molar-refractivity contribution in [2.45, 2.75) is 18.0 Å². The molecule has 4 nitrogen and oxygen atoms in total. The second-order valence-electron chi connectivity index (χ2n) is 4.88. The molecule has 2 N–H and O–H groups in total. The van der Waals surface area contributed by atoms with Gasteiger partial charge in [0.15, 0.2) is 0 Å². The molecule has 0 aliphatic carbocycles. The van der Waals surface area contributed by atoms with Crippen LogP contribution in [0.2, 0.25) is 5.02 Å². The maximum Gasteiger partial charge on any atom is 0.243 e. The van der Waals surface area contributed by atoms with Gasteiger partial charge in [0.1, 0.15) is 0 Å². The summed E-state index contributed by atoms with van der Waals surface area (Å²) in [7, 11) is -3.55. The van der Waals surface area contributed by atoms with Crippen molar-refractivity contribution in [1.82, 2.24) is 4.31 Å². The SMILES string of the molecule is Nc1ccc2c(c1)CN(S(=O)(=O)c1ccc(Cl)c(Br)c1)C2. The normalized spacial score (nSPS) is 15.1. The van der Waals surface area contributed by atoms with Crippen LogP contribution in [0.1, 0.15) is 11.1 Å². The first-order chi connectivity index (χ1) is 9.88.